The smallest absolute Gasteiger partial charge is 0.221 e. The molecule has 0 spiro atoms. The summed E-state index contributed by atoms with van der Waals surface area (Å²) >= 11 is 5.06. The molecule has 1 aliphatic rings. The first kappa shape index (κ1) is 14.8. The monoisotopic (exact) mass is 346 g/mol. The fourth-order valence-electron chi connectivity index (χ4n) is 1.91. The second-order valence-corrected chi connectivity index (χ2v) is 6.51. The van der Waals surface area contributed by atoms with Gasteiger partial charge in [0.15, 0.2) is 0 Å². The van der Waals surface area contributed by atoms with E-state index in [-0.39, 0.29) is 24.3 Å². The summed E-state index contributed by atoms with van der Waals surface area (Å²) in [5, 5.41) is 6.07. The summed E-state index contributed by atoms with van der Waals surface area (Å²) in [5.74, 6) is 1.71. The van der Waals surface area contributed by atoms with Crippen LogP contribution in [0.15, 0.2) is 22.7 Å². The maximum atomic E-state index is 13.6. The van der Waals surface area contributed by atoms with Crippen molar-refractivity contribution in [3.05, 3.63) is 34.1 Å². The number of rotatable bonds is 4. The van der Waals surface area contributed by atoms with Gasteiger partial charge in [0.1, 0.15) is 5.82 Å². The van der Waals surface area contributed by atoms with Gasteiger partial charge in [0.2, 0.25) is 5.91 Å². The molecule has 0 aliphatic carbocycles. The molecule has 1 aliphatic heterocycles. The molecular weight excluding hydrogens is 331 g/mol. The molecule has 0 bridgehead atoms. The second kappa shape index (κ2) is 7.26. The van der Waals surface area contributed by atoms with Gasteiger partial charge in [-0.25, -0.2) is 4.39 Å². The SMILES string of the molecule is O=C(C[C@@H]1CSCCN1)NCc1ccc(Br)cc1F. The molecule has 1 saturated heterocycles. The number of carbonyl (C=O) groups excluding carboxylic acids is 1. The molecule has 6 heteroatoms. The number of hydrogen-bond acceptors (Lipinski definition) is 3. The lowest BCUT2D eigenvalue weighted by molar-refractivity contribution is -0.121. The van der Waals surface area contributed by atoms with Crippen LogP contribution in [0.4, 0.5) is 4.39 Å². The minimum Gasteiger partial charge on any atom is -0.352 e. The van der Waals surface area contributed by atoms with Gasteiger partial charge in [0.05, 0.1) is 0 Å². The van der Waals surface area contributed by atoms with E-state index in [1.54, 1.807) is 12.1 Å². The van der Waals surface area contributed by atoms with Crippen molar-refractivity contribution in [2.24, 2.45) is 0 Å². The van der Waals surface area contributed by atoms with Crippen LogP contribution in [-0.2, 0) is 11.3 Å². The normalized spacial score (nSPS) is 19.2. The van der Waals surface area contributed by atoms with Crippen LogP contribution in [0.2, 0.25) is 0 Å². The van der Waals surface area contributed by atoms with E-state index in [4.69, 9.17) is 0 Å². The highest BCUT2D eigenvalue weighted by Crippen LogP contribution is 2.15. The summed E-state index contributed by atoms with van der Waals surface area (Å²) in [4.78, 5) is 11.8. The zero-order valence-electron chi connectivity index (χ0n) is 10.4. The van der Waals surface area contributed by atoms with Gasteiger partial charge in [-0.1, -0.05) is 22.0 Å². The molecule has 0 aromatic heterocycles. The van der Waals surface area contributed by atoms with Crippen molar-refractivity contribution in [2.75, 3.05) is 18.1 Å². The lowest BCUT2D eigenvalue weighted by Gasteiger charge is -2.22. The summed E-state index contributed by atoms with van der Waals surface area (Å²) in [6.07, 6.45) is 0.450. The Morgan fingerprint density at radius 3 is 3.11 bits per heavy atom. The highest BCUT2D eigenvalue weighted by molar-refractivity contribution is 9.10. The molecule has 2 N–H and O–H groups in total. The predicted molar refractivity (Wildman–Crippen MR) is 79.7 cm³/mol. The lowest BCUT2D eigenvalue weighted by Crippen LogP contribution is -2.41. The Labute approximate surface area is 124 Å². The molecule has 1 aromatic carbocycles. The van der Waals surface area contributed by atoms with E-state index in [2.05, 4.69) is 26.6 Å². The van der Waals surface area contributed by atoms with Crippen molar-refractivity contribution < 1.29 is 9.18 Å². The minimum atomic E-state index is -0.305. The molecular formula is C13H16BrFN2OS. The quantitative estimate of drug-likeness (QED) is 0.878. The summed E-state index contributed by atoms with van der Waals surface area (Å²) in [6, 6.07) is 5.08. The van der Waals surface area contributed by atoms with Crippen LogP contribution < -0.4 is 10.6 Å². The Kier molecular flexibility index (Phi) is 5.66. The molecule has 19 heavy (non-hydrogen) atoms. The van der Waals surface area contributed by atoms with Crippen molar-refractivity contribution in [3.8, 4) is 0 Å². The number of halogens is 2. The third-order valence-corrected chi connectivity index (χ3v) is 4.55. The van der Waals surface area contributed by atoms with Crippen molar-refractivity contribution >= 4 is 33.6 Å². The zero-order chi connectivity index (χ0) is 13.7. The van der Waals surface area contributed by atoms with Gasteiger partial charge in [-0.2, -0.15) is 11.8 Å². The molecule has 1 aromatic rings. The van der Waals surface area contributed by atoms with E-state index in [9.17, 15) is 9.18 Å². The predicted octanol–water partition coefficient (Wildman–Crippen LogP) is 2.30. The summed E-state index contributed by atoms with van der Waals surface area (Å²) < 4.78 is 14.3. The van der Waals surface area contributed by atoms with E-state index in [1.165, 1.54) is 6.07 Å². The molecule has 3 nitrogen and oxygen atoms in total. The molecule has 1 amide bonds. The maximum absolute atomic E-state index is 13.6. The Morgan fingerprint density at radius 2 is 2.42 bits per heavy atom. The zero-order valence-corrected chi connectivity index (χ0v) is 12.8. The fourth-order valence-corrected chi connectivity index (χ4v) is 3.19. The topological polar surface area (TPSA) is 41.1 Å². The second-order valence-electron chi connectivity index (χ2n) is 4.44. The number of hydrogen-bond donors (Lipinski definition) is 2. The summed E-state index contributed by atoms with van der Waals surface area (Å²) in [7, 11) is 0. The van der Waals surface area contributed by atoms with Crippen molar-refractivity contribution in [3.63, 3.8) is 0 Å². The Bertz CT molecular complexity index is 452. The van der Waals surface area contributed by atoms with Crippen molar-refractivity contribution in [1.82, 2.24) is 10.6 Å². The molecule has 1 fully saturated rings. The van der Waals surface area contributed by atoms with Crippen molar-refractivity contribution in [2.45, 2.75) is 19.0 Å². The maximum Gasteiger partial charge on any atom is 0.221 e. The lowest BCUT2D eigenvalue weighted by atomic mass is 10.2. The minimum absolute atomic E-state index is 0.0395. The standard InChI is InChI=1S/C13H16BrFN2OS/c14-10-2-1-9(12(15)5-10)7-17-13(18)6-11-8-19-4-3-16-11/h1-2,5,11,16H,3-4,6-8H2,(H,17,18)/t11-/m1/s1. The van der Waals surface area contributed by atoms with Gasteiger partial charge < -0.3 is 10.6 Å². The molecule has 1 atom stereocenters. The first-order valence-electron chi connectivity index (χ1n) is 6.17. The number of amides is 1. The van der Waals surface area contributed by atoms with E-state index in [0.29, 0.717) is 16.5 Å². The average molecular weight is 347 g/mol. The third-order valence-electron chi connectivity index (χ3n) is 2.92. The molecule has 104 valence electrons. The number of carbonyl (C=O) groups is 1. The molecule has 0 unspecified atom stereocenters. The van der Waals surface area contributed by atoms with Gasteiger partial charge in [-0.05, 0) is 12.1 Å². The van der Waals surface area contributed by atoms with Gasteiger partial charge in [0, 0.05) is 47.1 Å². The first-order chi connectivity index (χ1) is 9.15. The Hall–Kier alpha value is -0.590. The van der Waals surface area contributed by atoms with Gasteiger partial charge >= 0.3 is 0 Å². The van der Waals surface area contributed by atoms with Gasteiger partial charge in [-0.15, -0.1) is 0 Å². The van der Waals surface area contributed by atoms with E-state index >= 15 is 0 Å². The van der Waals surface area contributed by atoms with Crippen LogP contribution in [0.1, 0.15) is 12.0 Å². The Balaban J connectivity index is 1.79. The molecule has 1 heterocycles. The van der Waals surface area contributed by atoms with E-state index in [1.807, 2.05) is 11.8 Å². The Morgan fingerprint density at radius 1 is 1.58 bits per heavy atom. The van der Waals surface area contributed by atoms with Gasteiger partial charge in [0.25, 0.3) is 0 Å². The van der Waals surface area contributed by atoms with Crippen LogP contribution in [0.25, 0.3) is 0 Å². The number of thioether (sulfide) groups is 1. The third kappa shape index (κ3) is 4.78. The first-order valence-corrected chi connectivity index (χ1v) is 8.11. The van der Waals surface area contributed by atoms with E-state index < -0.39 is 0 Å². The number of nitrogens with one attached hydrogen (secondary N) is 2. The largest absolute Gasteiger partial charge is 0.352 e. The highest BCUT2D eigenvalue weighted by Gasteiger charge is 2.16. The van der Waals surface area contributed by atoms with Crippen LogP contribution >= 0.6 is 27.7 Å². The van der Waals surface area contributed by atoms with Crippen LogP contribution in [0.3, 0.4) is 0 Å². The highest BCUT2D eigenvalue weighted by atomic mass is 79.9. The summed E-state index contributed by atoms with van der Waals surface area (Å²) in [5.41, 5.74) is 0.502. The molecule has 0 saturated carbocycles. The van der Waals surface area contributed by atoms with Crippen LogP contribution in [0, 0.1) is 5.82 Å². The molecule has 2 rings (SSSR count). The van der Waals surface area contributed by atoms with Gasteiger partial charge in [-0.3, -0.25) is 4.79 Å². The summed E-state index contributed by atoms with van der Waals surface area (Å²) in [6.45, 7) is 1.18. The number of benzene rings is 1. The molecule has 0 radical (unpaired) electrons. The van der Waals surface area contributed by atoms with Crippen LogP contribution in [0.5, 0.6) is 0 Å². The fraction of sp³-hybridized carbons (Fsp3) is 0.462. The van der Waals surface area contributed by atoms with Crippen molar-refractivity contribution in [1.29, 1.82) is 0 Å². The van der Waals surface area contributed by atoms with E-state index in [0.717, 1.165) is 18.1 Å². The average Bonchev–Trinajstić information content (AvgIpc) is 2.39. The van der Waals surface area contributed by atoms with Crippen LogP contribution in [-0.4, -0.2) is 30.0 Å².